The minimum absolute atomic E-state index is 0.0742. The molecular formula is C20H23N3O7. The molecule has 1 atom stereocenters. The third-order valence-corrected chi connectivity index (χ3v) is 4.02. The smallest absolute Gasteiger partial charge is 0.275 e. The van der Waals surface area contributed by atoms with E-state index in [1.54, 1.807) is 24.3 Å². The first kappa shape index (κ1) is 22.8. The second-order valence-electron chi connectivity index (χ2n) is 6.07. The summed E-state index contributed by atoms with van der Waals surface area (Å²) in [6, 6.07) is 12.0. The van der Waals surface area contributed by atoms with Gasteiger partial charge in [-0.05, 0) is 35.4 Å². The summed E-state index contributed by atoms with van der Waals surface area (Å²) >= 11 is 0. The van der Waals surface area contributed by atoms with Gasteiger partial charge in [-0.2, -0.15) is 0 Å². The molecule has 0 fully saturated rings. The Kier molecular flexibility index (Phi) is 8.75. The van der Waals surface area contributed by atoms with Crippen LogP contribution in [0.3, 0.4) is 0 Å². The van der Waals surface area contributed by atoms with Gasteiger partial charge in [0, 0.05) is 12.1 Å². The Morgan fingerprint density at radius 2 is 1.47 bits per heavy atom. The van der Waals surface area contributed by atoms with Gasteiger partial charge < -0.3 is 25.6 Å². The van der Waals surface area contributed by atoms with Crippen LogP contribution < -0.4 is 20.9 Å². The Bertz CT molecular complexity index is 854. The molecule has 0 heterocycles. The highest BCUT2D eigenvalue weighted by atomic mass is 16.5. The van der Waals surface area contributed by atoms with Crippen molar-refractivity contribution >= 4 is 17.7 Å². The van der Waals surface area contributed by atoms with Crippen LogP contribution >= 0.6 is 0 Å². The van der Waals surface area contributed by atoms with Gasteiger partial charge in [-0.3, -0.25) is 19.6 Å². The zero-order valence-corrected chi connectivity index (χ0v) is 16.0. The van der Waals surface area contributed by atoms with Gasteiger partial charge in [-0.25, -0.2) is 5.48 Å². The van der Waals surface area contributed by atoms with Crippen molar-refractivity contribution < 1.29 is 34.5 Å². The predicted octanol–water partition coefficient (Wildman–Crippen LogP) is -0.563. The number of hydroxylamine groups is 1. The lowest BCUT2D eigenvalue weighted by atomic mass is 10.0. The van der Waals surface area contributed by atoms with Crippen molar-refractivity contribution in [2.24, 2.45) is 0 Å². The fourth-order valence-corrected chi connectivity index (χ4v) is 2.53. The van der Waals surface area contributed by atoms with Crippen LogP contribution in [-0.2, 0) is 9.59 Å². The van der Waals surface area contributed by atoms with Crippen LogP contribution in [0.1, 0.15) is 10.4 Å². The molecule has 3 amide bonds. The van der Waals surface area contributed by atoms with Crippen LogP contribution in [0.5, 0.6) is 5.75 Å². The van der Waals surface area contributed by atoms with Gasteiger partial charge >= 0.3 is 0 Å². The van der Waals surface area contributed by atoms with E-state index in [0.717, 1.165) is 11.1 Å². The van der Waals surface area contributed by atoms with Crippen molar-refractivity contribution in [3.05, 3.63) is 54.1 Å². The van der Waals surface area contributed by atoms with E-state index >= 15 is 0 Å². The Labute approximate surface area is 172 Å². The van der Waals surface area contributed by atoms with Crippen molar-refractivity contribution in [2.45, 2.75) is 6.04 Å². The van der Waals surface area contributed by atoms with Crippen LogP contribution in [0.15, 0.2) is 48.5 Å². The highest BCUT2D eigenvalue weighted by Crippen LogP contribution is 2.23. The summed E-state index contributed by atoms with van der Waals surface area (Å²) in [5, 5.41) is 30.8. The number of aliphatic hydroxyl groups is 2. The molecule has 0 aromatic heterocycles. The molecule has 2 aromatic rings. The first-order chi connectivity index (χ1) is 14.5. The van der Waals surface area contributed by atoms with Crippen molar-refractivity contribution in [3.63, 3.8) is 0 Å². The van der Waals surface area contributed by atoms with Crippen molar-refractivity contribution in [2.75, 3.05) is 26.4 Å². The molecule has 0 bridgehead atoms. The number of amides is 3. The standard InChI is InChI=1S/C20H23N3O7/c24-10-9-21-19(27)17(20(28)23-29)22-18(26)15-3-1-13(2-4-15)14-5-7-16(8-6-14)30-12-11-25/h1-8,17,24-25,29H,9-12H2,(H,21,27)(H,22,26)(H,23,28). The van der Waals surface area contributed by atoms with Gasteiger partial charge in [-0.15, -0.1) is 0 Å². The van der Waals surface area contributed by atoms with Crippen LogP contribution in [0.4, 0.5) is 0 Å². The molecule has 0 aliphatic rings. The number of carbonyl (C=O) groups excluding carboxylic acids is 3. The summed E-state index contributed by atoms with van der Waals surface area (Å²) in [7, 11) is 0. The Balaban J connectivity index is 2.07. The molecule has 6 N–H and O–H groups in total. The maximum absolute atomic E-state index is 12.4. The second-order valence-corrected chi connectivity index (χ2v) is 6.07. The predicted molar refractivity (Wildman–Crippen MR) is 106 cm³/mol. The largest absolute Gasteiger partial charge is 0.491 e. The maximum Gasteiger partial charge on any atom is 0.275 e. The number of hydrogen-bond donors (Lipinski definition) is 6. The Morgan fingerprint density at radius 1 is 0.867 bits per heavy atom. The summed E-state index contributed by atoms with van der Waals surface area (Å²) in [5.74, 6) is -2.05. The van der Waals surface area contributed by atoms with E-state index in [1.165, 1.54) is 17.6 Å². The van der Waals surface area contributed by atoms with E-state index in [9.17, 15) is 14.4 Å². The van der Waals surface area contributed by atoms with Gasteiger partial charge in [0.15, 0.2) is 6.04 Å². The van der Waals surface area contributed by atoms with Gasteiger partial charge in [0.2, 0.25) is 0 Å². The van der Waals surface area contributed by atoms with Crippen LogP contribution in [-0.4, -0.2) is 65.5 Å². The second kappa shape index (κ2) is 11.5. The molecule has 0 spiro atoms. The third kappa shape index (κ3) is 6.27. The maximum atomic E-state index is 12.4. The lowest BCUT2D eigenvalue weighted by molar-refractivity contribution is -0.137. The molecule has 2 aromatic carbocycles. The Morgan fingerprint density at radius 3 is 2.00 bits per heavy atom. The average Bonchev–Trinajstić information content (AvgIpc) is 2.79. The number of hydrogen-bond acceptors (Lipinski definition) is 7. The minimum atomic E-state index is -1.67. The number of rotatable bonds is 10. The molecule has 2 rings (SSSR count). The highest BCUT2D eigenvalue weighted by Gasteiger charge is 2.28. The molecule has 160 valence electrons. The lowest BCUT2D eigenvalue weighted by Crippen LogP contribution is -2.55. The quantitative estimate of drug-likeness (QED) is 0.172. The molecule has 0 aliphatic heterocycles. The molecule has 10 nitrogen and oxygen atoms in total. The zero-order valence-electron chi connectivity index (χ0n) is 16.0. The molecular weight excluding hydrogens is 394 g/mol. The van der Waals surface area contributed by atoms with Crippen molar-refractivity contribution in [1.82, 2.24) is 16.1 Å². The van der Waals surface area contributed by atoms with Crippen LogP contribution in [0.2, 0.25) is 0 Å². The van der Waals surface area contributed by atoms with Gasteiger partial charge in [-0.1, -0.05) is 24.3 Å². The van der Waals surface area contributed by atoms with E-state index in [4.69, 9.17) is 20.2 Å². The van der Waals surface area contributed by atoms with Crippen LogP contribution in [0.25, 0.3) is 11.1 Å². The van der Waals surface area contributed by atoms with Crippen molar-refractivity contribution in [1.29, 1.82) is 0 Å². The summed E-state index contributed by atoms with van der Waals surface area (Å²) in [6.07, 6.45) is 0. The SMILES string of the molecule is O=C(NC(C(=O)NO)C(=O)NCCO)c1ccc(-c2ccc(OCCO)cc2)cc1. The molecule has 1 unspecified atom stereocenters. The third-order valence-electron chi connectivity index (χ3n) is 4.02. The van der Waals surface area contributed by atoms with Crippen LogP contribution in [0, 0.1) is 0 Å². The number of nitrogens with one attached hydrogen (secondary N) is 3. The van der Waals surface area contributed by atoms with E-state index in [2.05, 4.69) is 10.6 Å². The summed E-state index contributed by atoms with van der Waals surface area (Å²) in [5.41, 5.74) is 3.23. The van der Waals surface area contributed by atoms with E-state index in [0.29, 0.717) is 5.75 Å². The van der Waals surface area contributed by atoms with Gasteiger partial charge in [0.25, 0.3) is 17.7 Å². The summed E-state index contributed by atoms with van der Waals surface area (Å²) < 4.78 is 5.31. The minimum Gasteiger partial charge on any atom is -0.491 e. The number of carbonyl (C=O) groups is 3. The fourth-order valence-electron chi connectivity index (χ4n) is 2.53. The molecule has 10 heteroatoms. The van der Waals surface area contributed by atoms with Crippen molar-refractivity contribution in [3.8, 4) is 16.9 Å². The lowest BCUT2D eigenvalue weighted by Gasteiger charge is -2.16. The van der Waals surface area contributed by atoms with Gasteiger partial charge in [0.05, 0.1) is 13.2 Å². The number of aliphatic hydroxyl groups excluding tert-OH is 2. The van der Waals surface area contributed by atoms with E-state index < -0.39 is 23.8 Å². The zero-order chi connectivity index (χ0) is 21.9. The van der Waals surface area contributed by atoms with E-state index in [-0.39, 0.29) is 31.9 Å². The molecule has 0 aliphatic carbocycles. The fraction of sp³-hybridized carbons (Fsp3) is 0.250. The summed E-state index contributed by atoms with van der Waals surface area (Å²) in [4.78, 5) is 36.1. The molecule has 30 heavy (non-hydrogen) atoms. The summed E-state index contributed by atoms with van der Waals surface area (Å²) in [6.45, 7) is -0.322. The molecule has 0 saturated carbocycles. The average molecular weight is 417 g/mol. The monoisotopic (exact) mass is 417 g/mol. The Hall–Kier alpha value is -3.47. The number of ether oxygens (including phenoxy) is 1. The first-order valence-corrected chi connectivity index (χ1v) is 9.07. The topological polar surface area (TPSA) is 157 Å². The first-order valence-electron chi connectivity index (χ1n) is 9.07. The van der Waals surface area contributed by atoms with E-state index in [1.807, 2.05) is 12.1 Å². The normalized spacial score (nSPS) is 11.3. The number of benzene rings is 2. The molecule has 0 radical (unpaired) electrons. The molecule has 0 saturated heterocycles. The highest BCUT2D eigenvalue weighted by molar-refractivity contribution is 6.08. The van der Waals surface area contributed by atoms with Gasteiger partial charge in [0.1, 0.15) is 12.4 Å².